The van der Waals surface area contributed by atoms with E-state index in [9.17, 15) is 4.79 Å². The molecule has 1 N–H and O–H groups in total. The number of amides is 1. The van der Waals surface area contributed by atoms with Gasteiger partial charge in [0.25, 0.3) is 0 Å². The van der Waals surface area contributed by atoms with Crippen molar-refractivity contribution in [2.75, 3.05) is 53.9 Å². The molecule has 0 aliphatic carbocycles. The minimum Gasteiger partial charge on any atom is -0.356 e. The van der Waals surface area contributed by atoms with Crippen LogP contribution in [0.5, 0.6) is 0 Å². The van der Waals surface area contributed by atoms with Gasteiger partial charge in [-0.2, -0.15) is 0 Å². The number of carbonyl (C=O) groups is 1. The van der Waals surface area contributed by atoms with E-state index in [2.05, 4.69) is 34.0 Å². The first-order valence-corrected chi connectivity index (χ1v) is 9.25. The molecule has 6 nitrogen and oxygen atoms in total. The van der Waals surface area contributed by atoms with Crippen LogP contribution in [-0.2, 0) is 4.79 Å². The van der Waals surface area contributed by atoms with E-state index >= 15 is 0 Å². The third kappa shape index (κ3) is 4.85. The van der Waals surface area contributed by atoms with Crippen molar-refractivity contribution in [3.8, 4) is 0 Å². The molecule has 0 bridgehead atoms. The van der Waals surface area contributed by atoms with Gasteiger partial charge in [0.05, 0.1) is 6.04 Å². The normalized spacial score (nSPS) is 24.5. The molecule has 0 aromatic heterocycles. The van der Waals surface area contributed by atoms with E-state index in [1.807, 2.05) is 21.1 Å². The molecule has 2 rings (SSSR count). The Morgan fingerprint density at radius 1 is 1.33 bits per heavy atom. The maximum absolute atomic E-state index is 12.2. The Morgan fingerprint density at radius 2 is 2.08 bits per heavy atom. The van der Waals surface area contributed by atoms with Gasteiger partial charge in [0.1, 0.15) is 0 Å². The summed E-state index contributed by atoms with van der Waals surface area (Å²) in [6, 6.07) is 0.0821. The van der Waals surface area contributed by atoms with Gasteiger partial charge in [-0.1, -0.05) is 13.8 Å². The fourth-order valence-electron chi connectivity index (χ4n) is 3.78. The molecule has 1 amide bonds. The lowest BCUT2D eigenvalue weighted by molar-refractivity contribution is -0.133. The summed E-state index contributed by atoms with van der Waals surface area (Å²) in [5, 5.41) is 3.49. The number of hydrogen-bond donors (Lipinski definition) is 1. The first-order chi connectivity index (χ1) is 11.3. The zero-order chi connectivity index (χ0) is 17.7. The van der Waals surface area contributed by atoms with Crippen LogP contribution in [0.3, 0.4) is 0 Å². The summed E-state index contributed by atoms with van der Waals surface area (Å²) < 4.78 is 0. The molecule has 1 unspecified atom stereocenters. The molecule has 0 spiro atoms. The van der Waals surface area contributed by atoms with E-state index < -0.39 is 0 Å². The molecule has 2 saturated heterocycles. The Kier molecular flexibility index (Phi) is 6.49. The smallest absolute Gasteiger partial charge is 0.239 e. The van der Waals surface area contributed by atoms with Crippen LogP contribution in [0.15, 0.2) is 4.99 Å². The zero-order valence-corrected chi connectivity index (χ0v) is 16.1. The Morgan fingerprint density at radius 3 is 2.67 bits per heavy atom. The number of nitrogens with one attached hydrogen (secondary N) is 1. The second-order valence-corrected chi connectivity index (χ2v) is 8.09. The molecular formula is C18H35N5O. The summed E-state index contributed by atoms with van der Waals surface area (Å²) >= 11 is 0. The van der Waals surface area contributed by atoms with Gasteiger partial charge < -0.3 is 15.1 Å². The third-order valence-electron chi connectivity index (χ3n) is 5.18. The van der Waals surface area contributed by atoms with Crippen LogP contribution in [0.25, 0.3) is 0 Å². The molecule has 2 aliphatic heterocycles. The molecule has 0 aromatic rings. The molecule has 138 valence electrons. The van der Waals surface area contributed by atoms with Crippen molar-refractivity contribution in [3.05, 3.63) is 0 Å². The standard InChI is InChI=1S/C18H35N5O/c1-18(2)9-13-23(14-18)17(19-3)20-10-7-12-22-11-6-8-15(22)16(24)21(4)5/h15H,6-14H2,1-5H3,(H,19,20). The van der Waals surface area contributed by atoms with E-state index in [0.717, 1.165) is 57.9 Å². The Balaban J connectivity index is 1.73. The second-order valence-electron chi connectivity index (χ2n) is 8.09. The monoisotopic (exact) mass is 337 g/mol. The number of rotatable bonds is 5. The van der Waals surface area contributed by atoms with Gasteiger partial charge in [-0.05, 0) is 37.6 Å². The number of hydrogen-bond acceptors (Lipinski definition) is 3. The van der Waals surface area contributed by atoms with E-state index in [1.165, 1.54) is 6.42 Å². The maximum atomic E-state index is 12.2. The minimum atomic E-state index is 0.0821. The second kappa shape index (κ2) is 8.19. The first kappa shape index (κ1) is 19.0. The van der Waals surface area contributed by atoms with Crippen LogP contribution in [0, 0.1) is 5.41 Å². The summed E-state index contributed by atoms with van der Waals surface area (Å²) in [5.41, 5.74) is 0.382. The number of likely N-dealkylation sites (tertiary alicyclic amines) is 2. The predicted molar refractivity (Wildman–Crippen MR) is 99.2 cm³/mol. The van der Waals surface area contributed by atoms with Crippen LogP contribution < -0.4 is 5.32 Å². The van der Waals surface area contributed by atoms with E-state index in [1.54, 1.807) is 4.90 Å². The van der Waals surface area contributed by atoms with Crippen LogP contribution >= 0.6 is 0 Å². The van der Waals surface area contributed by atoms with Crippen LogP contribution in [-0.4, -0.2) is 86.5 Å². The summed E-state index contributed by atoms with van der Waals surface area (Å²) in [6.07, 6.45) is 4.38. The fraction of sp³-hybridized carbons (Fsp3) is 0.889. The fourth-order valence-corrected chi connectivity index (χ4v) is 3.78. The largest absolute Gasteiger partial charge is 0.356 e. The number of likely N-dealkylation sites (N-methyl/N-ethyl adjacent to an activating group) is 1. The van der Waals surface area contributed by atoms with E-state index in [0.29, 0.717) is 5.41 Å². The molecule has 2 aliphatic rings. The summed E-state index contributed by atoms with van der Waals surface area (Å²) in [5.74, 6) is 1.26. The highest BCUT2D eigenvalue weighted by Crippen LogP contribution is 2.28. The van der Waals surface area contributed by atoms with Crippen molar-refractivity contribution in [3.63, 3.8) is 0 Å². The van der Waals surface area contributed by atoms with Gasteiger partial charge in [-0.15, -0.1) is 0 Å². The molecule has 2 fully saturated rings. The van der Waals surface area contributed by atoms with Gasteiger partial charge in [-0.25, -0.2) is 0 Å². The maximum Gasteiger partial charge on any atom is 0.239 e. The van der Waals surface area contributed by atoms with Gasteiger partial charge in [0, 0.05) is 47.3 Å². The molecule has 0 saturated carbocycles. The number of carbonyl (C=O) groups excluding carboxylic acids is 1. The average molecular weight is 338 g/mol. The van der Waals surface area contributed by atoms with Crippen LogP contribution in [0.4, 0.5) is 0 Å². The SMILES string of the molecule is CN=C(NCCCN1CCCC1C(=O)N(C)C)N1CCC(C)(C)C1. The third-order valence-corrected chi connectivity index (χ3v) is 5.18. The lowest BCUT2D eigenvalue weighted by Crippen LogP contribution is -2.44. The van der Waals surface area contributed by atoms with Crippen molar-refractivity contribution >= 4 is 11.9 Å². The van der Waals surface area contributed by atoms with E-state index in [4.69, 9.17) is 0 Å². The molecule has 1 atom stereocenters. The number of guanidine groups is 1. The number of nitrogens with zero attached hydrogens (tertiary/aromatic N) is 4. The summed E-state index contributed by atoms with van der Waals surface area (Å²) in [6.45, 7) is 9.70. The molecule has 2 heterocycles. The number of aliphatic imine (C=N–C) groups is 1. The minimum absolute atomic E-state index is 0.0821. The van der Waals surface area contributed by atoms with Crippen molar-refractivity contribution < 1.29 is 4.79 Å². The lowest BCUT2D eigenvalue weighted by Gasteiger charge is -2.27. The molecular weight excluding hydrogens is 302 g/mol. The van der Waals surface area contributed by atoms with Crippen molar-refractivity contribution in [2.45, 2.75) is 45.6 Å². The summed E-state index contributed by atoms with van der Waals surface area (Å²) in [7, 11) is 5.56. The van der Waals surface area contributed by atoms with Gasteiger partial charge in [0.15, 0.2) is 5.96 Å². The highest BCUT2D eigenvalue weighted by atomic mass is 16.2. The quantitative estimate of drug-likeness (QED) is 0.466. The zero-order valence-electron chi connectivity index (χ0n) is 16.1. The average Bonchev–Trinajstić information content (AvgIpc) is 3.12. The highest BCUT2D eigenvalue weighted by molar-refractivity contribution is 5.81. The van der Waals surface area contributed by atoms with Gasteiger partial charge in [-0.3, -0.25) is 14.7 Å². The lowest BCUT2D eigenvalue weighted by atomic mass is 9.93. The highest BCUT2D eigenvalue weighted by Gasteiger charge is 2.32. The Bertz CT molecular complexity index is 460. The molecule has 6 heteroatoms. The molecule has 24 heavy (non-hydrogen) atoms. The van der Waals surface area contributed by atoms with Crippen LogP contribution in [0.1, 0.15) is 39.5 Å². The molecule has 0 aromatic carbocycles. The van der Waals surface area contributed by atoms with Crippen molar-refractivity contribution in [2.24, 2.45) is 10.4 Å². The molecule has 0 radical (unpaired) electrons. The Hall–Kier alpha value is -1.30. The summed E-state index contributed by atoms with van der Waals surface area (Å²) in [4.78, 5) is 23.1. The van der Waals surface area contributed by atoms with Crippen molar-refractivity contribution in [1.82, 2.24) is 20.0 Å². The van der Waals surface area contributed by atoms with Gasteiger partial charge in [0.2, 0.25) is 5.91 Å². The van der Waals surface area contributed by atoms with Crippen molar-refractivity contribution in [1.29, 1.82) is 0 Å². The first-order valence-electron chi connectivity index (χ1n) is 9.25. The Labute approximate surface area is 147 Å². The topological polar surface area (TPSA) is 51.2 Å². The van der Waals surface area contributed by atoms with E-state index in [-0.39, 0.29) is 11.9 Å². The predicted octanol–water partition coefficient (Wildman–Crippen LogP) is 1.24. The van der Waals surface area contributed by atoms with Gasteiger partial charge >= 0.3 is 0 Å². The van der Waals surface area contributed by atoms with Crippen LogP contribution in [0.2, 0.25) is 0 Å².